The van der Waals surface area contributed by atoms with Crippen LogP contribution in [0.4, 0.5) is 5.69 Å². The minimum absolute atomic E-state index is 0.0245. The fourth-order valence-electron chi connectivity index (χ4n) is 3.67. The minimum atomic E-state index is -3.63. The van der Waals surface area contributed by atoms with E-state index in [9.17, 15) is 8.42 Å². The van der Waals surface area contributed by atoms with Crippen LogP contribution < -0.4 is 5.32 Å². The monoisotopic (exact) mass is 396 g/mol. The summed E-state index contributed by atoms with van der Waals surface area (Å²) in [5.74, 6) is 0.0565. The van der Waals surface area contributed by atoms with Crippen LogP contribution in [0.5, 0.6) is 0 Å². The maximum Gasteiger partial charge on any atom is 0.262 e. The van der Waals surface area contributed by atoms with Gasteiger partial charge in [0.25, 0.3) is 10.0 Å². The fraction of sp³-hybridized carbons (Fsp3) is 0.286. The molecule has 0 unspecified atom stereocenters. The topological polar surface area (TPSA) is 67.2 Å². The molecule has 0 spiro atoms. The molecule has 0 aliphatic carbocycles. The third-order valence-corrected chi connectivity index (χ3v) is 6.92. The number of nitrogens with one attached hydrogen (secondary N) is 1. The molecule has 1 aliphatic heterocycles. The van der Waals surface area contributed by atoms with Crippen LogP contribution in [-0.2, 0) is 17.1 Å². The summed E-state index contributed by atoms with van der Waals surface area (Å²) in [5, 5.41) is 3.64. The van der Waals surface area contributed by atoms with E-state index in [0.717, 1.165) is 11.3 Å². The van der Waals surface area contributed by atoms with Gasteiger partial charge < -0.3 is 9.88 Å². The molecule has 6 nitrogen and oxygen atoms in total. The van der Waals surface area contributed by atoms with E-state index in [2.05, 4.69) is 34.6 Å². The summed E-state index contributed by atoms with van der Waals surface area (Å²) in [6.45, 7) is 2.87. The Morgan fingerprint density at radius 1 is 1.04 bits per heavy atom. The van der Waals surface area contributed by atoms with Crippen LogP contribution in [0.3, 0.4) is 0 Å². The molecular formula is C21H24N4O2S. The van der Waals surface area contributed by atoms with Crippen molar-refractivity contribution in [2.75, 3.05) is 18.4 Å². The van der Waals surface area contributed by atoms with Crippen LogP contribution in [0, 0.1) is 6.92 Å². The Morgan fingerprint density at radius 3 is 2.39 bits per heavy atom. The van der Waals surface area contributed by atoms with Crippen LogP contribution in [0.1, 0.15) is 17.0 Å². The molecule has 2 aromatic carbocycles. The lowest BCUT2D eigenvalue weighted by atomic mass is 9.94. The third-order valence-electron chi connectivity index (χ3n) is 5.20. The molecule has 7 heteroatoms. The normalized spacial score (nSPS) is 20.4. The number of rotatable bonds is 5. The number of hydrogen-bond donors (Lipinski definition) is 1. The third kappa shape index (κ3) is 3.68. The smallest absolute Gasteiger partial charge is 0.262 e. The van der Waals surface area contributed by atoms with Crippen LogP contribution in [0.2, 0.25) is 0 Å². The Kier molecular flexibility index (Phi) is 4.95. The first-order valence-electron chi connectivity index (χ1n) is 9.30. The summed E-state index contributed by atoms with van der Waals surface area (Å²) in [4.78, 5) is 4.06. The lowest BCUT2D eigenvalue weighted by Crippen LogP contribution is -2.32. The quantitative estimate of drug-likeness (QED) is 0.720. The van der Waals surface area contributed by atoms with E-state index in [1.54, 1.807) is 22.1 Å². The Balaban J connectivity index is 1.64. The van der Waals surface area contributed by atoms with Gasteiger partial charge in [0.05, 0.1) is 6.33 Å². The van der Waals surface area contributed by atoms with Crippen molar-refractivity contribution in [3.05, 3.63) is 78.2 Å². The van der Waals surface area contributed by atoms with Gasteiger partial charge in [0.1, 0.15) is 0 Å². The minimum Gasteiger partial charge on any atom is -0.380 e. The number of sulfonamides is 1. The molecule has 146 valence electrons. The van der Waals surface area contributed by atoms with E-state index >= 15 is 0 Å². The van der Waals surface area contributed by atoms with Gasteiger partial charge in [-0.3, -0.25) is 0 Å². The van der Waals surface area contributed by atoms with Gasteiger partial charge in [-0.25, -0.2) is 13.4 Å². The summed E-state index contributed by atoms with van der Waals surface area (Å²) in [7, 11) is -1.86. The lowest BCUT2D eigenvalue weighted by molar-refractivity contribution is 0.468. The highest BCUT2D eigenvalue weighted by atomic mass is 32.2. The highest BCUT2D eigenvalue weighted by molar-refractivity contribution is 7.89. The standard InChI is InChI=1S/C21H24N4O2S/c1-16-8-10-18(11-9-16)23-20-13-25(12-19(20)17-6-4-3-5-7-17)28(26,27)21-14-24(2)15-22-21/h3-11,14-15,19-20,23H,12-13H2,1-2H3/t19-,20+/m0/s1. The van der Waals surface area contributed by atoms with Crippen molar-refractivity contribution in [2.45, 2.75) is 23.9 Å². The number of aromatic nitrogens is 2. The molecule has 28 heavy (non-hydrogen) atoms. The summed E-state index contributed by atoms with van der Waals surface area (Å²) >= 11 is 0. The molecule has 1 aliphatic rings. The van der Waals surface area contributed by atoms with Gasteiger partial charge in [0.15, 0.2) is 5.03 Å². The number of hydrogen-bond acceptors (Lipinski definition) is 4. The van der Waals surface area contributed by atoms with E-state index in [-0.39, 0.29) is 17.0 Å². The Hall–Kier alpha value is -2.64. The zero-order valence-electron chi connectivity index (χ0n) is 16.0. The van der Waals surface area contributed by atoms with E-state index < -0.39 is 10.0 Å². The molecule has 2 atom stereocenters. The van der Waals surface area contributed by atoms with Crippen molar-refractivity contribution in [3.63, 3.8) is 0 Å². The van der Waals surface area contributed by atoms with E-state index in [4.69, 9.17) is 0 Å². The van der Waals surface area contributed by atoms with Crippen molar-refractivity contribution in [3.8, 4) is 0 Å². The molecule has 3 aromatic rings. The number of imidazole rings is 1. The molecule has 0 saturated carbocycles. The molecule has 1 aromatic heterocycles. The number of benzene rings is 2. The van der Waals surface area contributed by atoms with Crippen LogP contribution in [0.15, 0.2) is 72.1 Å². The molecule has 4 rings (SSSR count). The molecule has 0 bridgehead atoms. The van der Waals surface area contributed by atoms with Gasteiger partial charge in [-0.2, -0.15) is 4.31 Å². The van der Waals surface area contributed by atoms with Crippen LogP contribution in [-0.4, -0.2) is 41.4 Å². The largest absolute Gasteiger partial charge is 0.380 e. The predicted molar refractivity (Wildman–Crippen MR) is 110 cm³/mol. The fourth-order valence-corrected chi connectivity index (χ4v) is 5.12. The average Bonchev–Trinajstić information content (AvgIpc) is 3.32. The molecule has 2 heterocycles. The molecule has 1 saturated heterocycles. The van der Waals surface area contributed by atoms with Crippen molar-refractivity contribution < 1.29 is 8.42 Å². The molecular weight excluding hydrogens is 372 g/mol. The molecule has 1 N–H and O–H groups in total. The molecule has 0 radical (unpaired) electrons. The van der Waals surface area contributed by atoms with Gasteiger partial charge in [0.2, 0.25) is 0 Å². The maximum absolute atomic E-state index is 13.1. The lowest BCUT2D eigenvalue weighted by Gasteiger charge is -2.21. The number of anilines is 1. The van der Waals surface area contributed by atoms with Gasteiger partial charge in [-0.05, 0) is 24.6 Å². The van der Waals surface area contributed by atoms with Crippen LogP contribution in [0.25, 0.3) is 0 Å². The summed E-state index contributed by atoms with van der Waals surface area (Å²) < 4.78 is 29.4. The predicted octanol–water partition coefficient (Wildman–Crippen LogP) is 3.00. The SMILES string of the molecule is Cc1ccc(N[C@@H]2CN(S(=O)(=O)c3cn(C)cn3)C[C@H]2c2ccccc2)cc1. The van der Waals surface area contributed by atoms with E-state index in [1.165, 1.54) is 11.9 Å². The average molecular weight is 397 g/mol. The van der Waals surface area contributed by atoms with Gasteiger partial charge >= 0.3 is 0 Å². The summed E-state index contributed by atoms with van der Waals surface area (Å²) in [6.07, 6.45) is 3.06. The van der Waals surface area contributed by atoms with Gasteiger partial charge in [-0.1, -0.05) is 48.0 Å². The first-order valence-corrected chi connectivity index (χ1v) is 10.7. The number of nitrogens with zero attached hydrogens (tertiary/aromatic N) is 3. The van der Waals surface area contributed by atoms with Crippen molar-refractivity contribution >= 4 is 15.7 Å². The van der Waals surface area contributed by atoms with Crippen molar-refractivity contribution in [2.24, 2.45) is 7.05 Å². The highest BCUT2D eigenvalue weighted by Crippen LogP contribution is 2.33. The maximum atomic E-state index is 13.1. The van der Waals surface area contributed by atoms with E-state index in [0.29, 0.717) is 13.1 Å². The number of aryl methyl sites for hydroxylation is 2. The zero-order chi connectivity index (χ0) is 19.7. The van der Waals surface area contributed by atoms with Crippen LogP contribution >= 0.6 is 0 Å². The second kappa shape index (κ2) is 7.41. The zero-order valence-corrected chi connectivity index (χ0v) is 16.8. The first-order chi connectivity index (χ1) is 13.4. The Morgan fingerprint density at radius 2 is 1.75 bits per heavy atom. The molecule has 1 fully saturated rings. The van der Waals surface area contributed by atoms with Crippen molar-refractivity contribution in [1.82, 2.24) is 13.9 Å². The summed E-state index contributed by atoms with van der Waals surface area (Å²) in [6, 6.07) is 18.2. The highest BCUT2D eigenvalue weighted by Gasteiger charge is 2.40. The Labute approximate surface area is 165 Å². The second-order valence-electron chi connectivity index (χ2n) is 7.33. The second-order valence-corrected chi connectivity index (χ2v) is 9.22. The van der Waals surface area contributed by atoms with Gasteiger partial charge in [-0.15, -0.1) is 0 Å². The van der Waals surface area contributed by atoms with E-state index in [1.807, 2.05) is 37.3 Å². The van der Waals surface area contributed by atoms with Crippen molar-refractivity contribution in [1.29, 1.82) is 0 Å². The summed E-state index contributed by atoms with van der Waals surface area (Å²) in [5.41, 5.74) is 3.32. The Bertz CT molecular complexity index is 1050. The molecule has 0 amide bonds. The van der Waals surface area contributed by atoms with Gasteiger partial charge in [0, 0.05) is 44.0 Å². The first kappa shape index (κ1) is 18.7.